The molecule has 3 aliphatic rings. The smallest absolute Gasteiger partial charge is 0.138 e. The summed E-state index contributed by atoms with van der Waals surface area (Å²) in [6.45, 7) is 1.62. The van der Waals surface area contributed by atoms with E-state index >= 15 is 0 Å². The summed E-state index contributed by atoms with van der Waals surface area (Å²) in [5.41, 5.74) is 3.86. The molecule has 6 atom stereocenters. The highest BCUT2D eigenvalue weighted by atomic mass is 16.5. The summed E-state index contributed by atoms with van der Waals surface area (Å²) in [7, 11) is 1.58. The summed E-state index contributed by atoms with van der Waals surface area (Å²) in [6.07, 6.45) is 3.53. The molecule has 0 aromatic heterocycles. The number of ketones is 1. The van der Waals surface area contributed by atoms with Gasteiger partial charge in [0, 0.05) is 13.0 Å². The van der Waals surface area contributed by atoms with Gasteiger partial charge < -0.3 is 15.6 Å². The lowest BCUT2D eigenvalue weighted by molar-refractivity contribution is -0.196. The summed E-state index contributed by atoms with van der Waals surface area (Å²) in [5, 5.41) is 10.8. The van der Waals surface area contributed by atoms with Crippen LogP contribution >= 0.6 is 0 Å². The summed E-state index contributed by atoms with van der Waals surface area (Å²) in [5.74, 6) is 0.572. The Balaban J connectivity index is 1.99. The molecule has 0 aromatic rings. The van der Waals surface area contributed by atoms with E-state index in [4.69, 9.17) is 10.5 Å². The van der Waals surface area contributed by atoms with Crippen LogP contribution in [0.3, 0.4) is 0 Å². The van der Waals surface area contributed by atoms with Gasteiger partial charge in [0.05, 0.1) is 17.8 Å². The molecule has 0 saturated heterocycles. The van der Waals surface area contributed by atoms with E-state index in [1.54, 1.807) is 14.0 Å². The molecule has 0 bridgehead atoms. The van der Waals surface area contributed by atoms with Gasteiger partial charge >= 0.3 is 0 Å². The van der Waals surface area contributed by atoms with Crippen molar-refractivity contribution in [1.82, 2.24) is 0 Å². The van der Waals surface area contributed by atoms with Crippen LogP contribution in [0, 0.1) is 17.3 Å². The fraction of sp³-hybridized carbons (Fsp3) is 0.846. The Kier molecular flexibility index (Phi) is 2.38. The summed E-state index contributed by atoms with van der Waals surface area (Å²) in [4.78, 5) is 16.2. The summed E-state index contributed by atoms with van der Waals surface area (Å²) in [6, 6.07) is -0.200. The minimum absolute atomic E-state index is 0.0972. The van der Waals surface area contributed by atoms with Gasteiger partial charge in [0.1, 0.15) is 17.5 Å². The second kappa shape index (κ2) is 3.54. The highest BCUT2D eigenvalue weighted by Crippen LogP contribution is 2.69. The lowest BCUT2D eigenvalue weighted by atomic mass is 9.50. The zero-order valence-corrected chi connectivity index (χ0v) is 10.8. The van der Waals surface area contributed by atoms with Gasteiger partial charge in [-0.15, -0.1) is 0 Å². The zero-order valence-electron chi connectivity index (χ0n) is 10.8. The van der Waals surface area contributed by atoms with Gasteiger partial charge in [-0.1, -0.05) is 0 Å². The molecule has 5 heteroatoms. The Bertz CT molecular complexity index is 424. The Hall–Kier alpha value is -0.940. The number of aliphatic imine (C=N–C) groups is 1. The third-order valence-corrected chi connectivity index (χ3v) is 5.54. The lowest BCUT2D eigenvalue weighted by Crippen LogP contribution is -2.63. The normalized spacial score (nSPS) is 53.5. The highest BCUT2D eigenvalue weighted by Gasteiger charge is 2.79. The van der Waals surface area contributed by atoms with Crippen molar-refractivity contribution in [3.63, 3.8) is 0 Å². The van der Waals surface area contributed by atoms with Gasteiger partial charge in [-0.25, -0.2) is 0 Å². The first kappa shape index (κ1) is 12.1. The number of ether oxygens (including phenoxy) is 1. The fourth-order valence-corrected chi connectivity index (χ4v) is 4.53. The molecule has 0 aromatic carbocycles. The number of fused-ring (bicyclic) bond motifs is 2. The minimum Gasteiger partial charge on any atom is -0.390 e. The van der Waals surface area contributed by atoms with Gasteiger partial charge in [-0.2, -0.15) is 0 Å². The van der Waals surface area contributed by atoms with Gasteiger partial charge in [0.2, 0.25) is 0 Å². The quantitative estimate of drug-likeness (QED) is 0.551. The fourth-order valence-electron chi connectivity index (χ4n) is 4.53. The number of hydrogen-bond acceptors (Lipinski definition) is 4. The van der Waals surface area contributed by atoms with Crippen LogP contribution in [-0.4, -0.2) is 42.1 Å². The number of rotatable bonds is 3. The predicted molar refractivity (Wildman–Crippen MR) is 66.2 cm³/mol. The van der Waals surface area contributed by atoms with Gasteiger partial charge in [-0.3, -0.25) is 9.79 Å². The first-order valence-corrected chi connectivity index (χ1v) is 6.53. The van der Waals surface area contributed by atoms with E-state index in [-0.39, 0.29) is 17.7 Å². The van der Waals surface area contributed by atoms with Gasteiger partial charge in [0.15, 0.2) is 0 Å². The molecule has 3 fully saturated rings. The molecule has 3 aliphatic carbocycles. The number of Topliss-reactive ketones (excluding diaryl/α,β-unsaturated/α-hetero) is 1. The molecule has 6 unspecified atom stereocenters. The van der Waals surface area contributed by atoms with Crippen LogP contribution in [-0.2, 0) is 9.53 Å². The third kappa shape index (κ3) is 1.10. The third-order valence-electron chi connectivity index (χ3n) is 5.54. The predicted octanol–water partition coefficient (Wildman–Crippen LogP) is 0.107. The van der Waals surface area contributed by atoms with Crippen LogP contribution in [0.15, 0.2) is 4.99 Å². The average molecular weight is 252 g/mol. The minimum atomic E-state index is -0.993. The topological polar surface area (TPSA) is 84.9 Å². The van der Waals surface area contributed by atoms with E-state index in [2.05, 4.69) is 4.99 Å². The van der Waals surface area contributed by atoms with Crippen LogP contribution in [0.2, 0.25) is 0 Å². The maximum Gasteiger partial charge on any atom is 0.138 e. The molecule has 3 saturated carbocycles. The van der Waals surface area contributed by atoms with Crippen LogP contribution in [0.1, 0.15) is 26.2 Å². The lowest BCUT2D eigenvalue weighted by Gasteiger charge is -2.56. The summed E-state index contributed by atoms with van der Waals surface area (Å²) >= 11 is 0. The van der Waals surface area contributed by atoms with Gasteiger partial charge in [0.25, 0.3) is 0 Å². The Morgan fingerprint density at radius 3 is 2.78 bits per heavy atom. The van der Waals surface area contributed by atoms with E-state index in [0.717, 1.165) is 19.3 Å². The number of carbonyl (C=O) groups excluding carboxylic acids is 1. The number of nitrogens with zero attached hydrogens (tertiary/aromatic N) is 1. The Morgan fingerprint density at radius 2 is 2.33 bits per heavy atom. The van der Waals surface area contributed by atoms with Crippen LogP contribution < -0.4 is 5.73 Å². The van der Waals surface area contributed by atoms with Crippen LogP contribution in [0.4, 0.5) is 0 Å². The van der Waals surface area contributed by atoms with Crippen molar-refractivity contribution in [2.45, 2.75) is 43.9 Å². The maximum absolute atomic E-state index is 12.1. The van der Waals surface area contributed by atoms with Crippen molar-refractivity contribution in [1.29, 1.82) is 0 Å². The van der Waals surface area contributed by atoms with E-state index < -0.39 is 17.1 Å². The molecule has 0 heterocycles. The molecule has 5 nitrogen and oxygen atoms in total. The van der Waals surface area contributed by atoms with E-state index in [9.17, 15) is 9.90 Å². The van der Waals surface area contributed by atoms with Crippen molar-refractivity contribution >= 4 is 12.1 Å². The van der Waals surface area contributed by atoms with E-state index in [1.165, 1.54) is 6.34 Å². The molecular formula is C13H20N2O3. The van der Waals surface area contributed by atoms with E-state index in [0.29, 0.717) is 5.92 Å². The maximum atomic E-state index is 12.1. The first-order valence-electron chi connectivity index (χ1n) is 6.53. The zero-order chi connectivity index (χ0) is 13.1. The number of carbonyl (C=O) groups is 1. The van der Waals surface area contributed by atoms with E-state index in [1.807, 2.05) is 0 Å². The largest absolute Gasteiger partial charge is 0.390 e. The second-order valence-electron chi connectivity index (χ2n) is 5.92. The average Bonchev–Trinajstić information content (AvgIpc) is 2.86. The van der Waals surface area contributed by atoms with Crippen LogP contribution in [0.5, 0.6) is 0 Å². The standard InChI is InChI=1S/C13H20N2O3/c1-7(16)12-4-3-8(12)5-9-10(15-6-14)13(9,17)11(12)18-2/h6,8-11,17H,3-5H2,1-2H3,(H2,14,15). The van der Waals surface area contributed by atoms with Crippen molar-refractivity contribution in [2.75, 3.05) is 7.11 Å². The molecule has 0 amide bonds. The summed E-state index contributed by atoms with van der Waals surface area (Å²) < 4.78 is 5.54. The molecule has 0 aliphatic heterocycles. The second-order valence-corrected chi connectivity index (χ2v) is 5.92. The molecule has 100 valence electrons. The van der Waals surface area contributed by atoms with Crippen LogP contribution in [0.25, 0.3) is 0 Å². The Morgan fingerprint density at radius 1 is 1.61 bits per heavy atom. The molecular weight excluding hydrogens is 232 g/mol. The van der Waals surface area contributed by atoms with Gasteiger partial charge in [-0.05, 0) is 32.1 Å². The highest BCUT2D eigenvalue weighted by molar-refractivity contribution is 5.85. The monoisotopic (exact) mass is 252 g/mol. The number of aliphatic hydroxyl groups is 1. The molecule has 0 radical (unpaired) electrons. The molecule has 18 heavy (non-hydrogen) atoms. The van der Waals surface area contributed by atoms with Crippen molar-refractivity contribution in [3.05, 3.63) is 0 Å². The molecule has 3 rings (SSSR count). The number of methoxy groups -OCH3 is 1. The number of nitrogens with two attached hydrogens (primary N) is 1. The van der Waals surface area contributed by atoms with Crippen molar-refractivity contribution < 1.29 is 14.6 Å². The molecule has 0 spiro atoms. The molecule has 3 N–H and O–H groups in total. The van der Waals surface area contributed by atoms with Crippen molar-refractivity contribution in [3.8, 4) is 0 Å². The first-order chi connectivity index (χ1) is 8.53. The Labute approximate surface area is 106 Å². The van der Waals surface area contributed by atoms with Crippen molar-refractivity contribution in [2.24, 2.45) is 28.0 Å². The SMILES string of the molecule is COC1C2(C(C)=O)CCC2CC2C(N=CN)C21O. The number of hydrogen-bond donors (Lipinski definition) is 2.